The molecular weight excluding hydrogens is 418 g/mol. The van der Waals surface area contributed by atoms with Gasteiger partial charge in [0.2, 0.25) is 11.7 Å². The number of anilines is 1. The summed E-state index contributed by atoms with van der Waals surface area (Å²) in [5, 5.41) is 3.10. The summed E-state index contributed by atoms with van der Waals surface area (Å²) < 4.78 is 6.43. The molecule has 0 amide bonds. The number of rotatable bonds is 9. The maximum atomic E-state index is 12.1. The molecule has 9 heteroatoms. The van der Waals surface area contributed by atoms with Crippen molar-refractivity contribution in [1.29, 1.82) is 0 Å². The molecule has 26 heavy (non-hydrogen) atoms. The van der Waals surface area contributed by atoms with Crippen molar-refractivity contribution in [1.82, 2.24) is 19.9 Å². The van der Waals surface area contributed by atoms with Crippen molar-refractivity contribution in [3.05, 3.63) is 69.1 Å². The molecule has 0 bridgehead atoms. The number of thioether (sulfide) groups is 1. The van der Waals surface area contributed by atoms with Crippen LogP contribution in [0.4, 0.5) is 5.95 Å². The van der Waals surface area contributed by atoms with E-state index in [-0.39, 0.29) is 11.3 Å². The second-order valence-electron chi connectivity index (χ2n) is 5.34. The summed E-state index contributed by atoms with van der Waals surface area (Å²) in [4.78, 5) is 26.1. The second kappa shape index (κ2) is 9.44. The van der Waals surface area contributed by atoms with Gasteiger partial charge < -0.3 is 15.0 Å². The Labute approximate surface area is 163 Å². The Kier molecular flexibility index (Phi) is 6.73. The normalized spacial score (nSPS) is 10.7. The van der Waals surface area contributed by atoms with Crippen LogP contribution >= 0.6 is 27.7 Å². The topological polar surface area (TPSA) is 95.7 Å². The zero-order valence-electron chi connectivity index (χ0n) is 13.9. The summed E-state index contributed by atoms with van der Waals surface area (Å²) in [6.07, 6.45) is 3.10. The standard InChI is InChI=1S/C17H18BrN5O2S/c18-15-13(21-11-22-15)10-26-7-6-19-17-20-8-14(16(24)23-17)25-9-12-4-2-1-3-5-12/h1-5,8,11H,6-7,9-10H2,(H,21,22)(H2,19,20,23,24). The molecule has 0 saturated carbocycles. The Morgan fingerprint density at radius 2 is 2.08 bits per heavy atom. The van der Waals surface area contributed by atoms with Gasteiger partial charge in [-0.25, -0.2) is 9.97 Å². The van der Waals surface area contributed by atoms with Crippen LogP contribution in [0, 0.1) is 0 Å². The molecule has 0 spiro atoms. The highest BCUT2D eigenvalue weighted by Gasteiger charge is 2.05. The van der Waals surface area contributed by atoms with Crippen LogP contribution in [0.25, 0.3) is 0 Å². The third-order valence-electron chi connectivity index (χ3n) is 3.45. The van der Waals surface area contributed by atoms with Gasteiger partial charge in [0.05, 0.1) is 18.2 Å². The fraction of sp³-hybridized carbons (Fsp3) is 0.235. The first-order valence-electron chi connectivity index (χ1n) is 7.98. The van der Waals surface area contributed by atoms with Gasteiger partial charge in [0, 0.05) is 18.1 Å². The molecule has 0 aliphatic carbocycles. The molecule has 136 valence electrons. The van der Waals surface area contributed by atoms with E-state index in [4.69, 9.17) is 4.74 Å². The number of hydrogen-bond acceptors (Lipinski definition) is 6. The van der Waals surface area contributed by atoms with E-state index in [0.29, 0.717) is 19.1 Å². The van der Waals surface area contributed by atoms with E-state index >= 15 is 0 Å². The average molecular weight is 436 g/mol. The summed E-state index contributed by atoms with van der Waals surface area (Å²) >= 11 is 5.14. The molecule has 0 fully saturated rings. The maximum absolute atomic E-state index is 12.1. The van der Waals surface area contributed by atoms with Crippen molar-refractivity contribution < 1.29 is 4.74 Å². The van der Waals surface area contributed by atoms with Crippen LogP contribution in [0.15, 0.2) is 52.3 Å². The number of H-pyrrole nitrogens is 2. The summed E-state index contributed by atoms with van der Waals surface area (Å²) in [6.45, 7) is 1.01. The van der Waals surface area contributed by atoms with Gasteiger partial charge in [0.1, 0.15) is 11.2 Å². The first kappa shape index (κ1) is 18.5. The van der Waals surface area contributed by atoms with Gasteiger partial charge in [-0.05, 0) is 21.5 Å². The van der Waals surface area contributed by atoms with E-state index in [0.717, 1.165) is 27.4 Å². The van der Waals surface area contributed by atoms with E-state index in [9.17, 15) is 4.79 Å². The molecule has 0 atom stereocenters. The third-order valence-corrected chi connectivity index (χ3v) is 5.10. The summed E-state index contributed by atoms with van der Waals surface area (Å²) in [7, 11) is 0. The fourth-order valence-electron chi connectivity index (χ4n) is 2.13. The minimum absolute atomic E-state index is 0.206. The van der Waals surface area contributed by atoms with Gasteiger partial charge in [0.25, 0.3) is 5.56 Å². The predicted octanol–water partition coefficient (Wildman–Crippen LogP) is 3.18. The monoisotopic (exact) mass is 435 g/mol. The lowest BCUT2D eigenvalue weighted by atomic mass is 10.2. The maximum Gasteiger partial charge on any atom is 0.294 e. The number of aromatic amines is 2. The van der Waals surface area contributed by atoms with E-state index in [1.807, 2.05) is 30.3 Å². The Hall–Kier alpha value is -2.26. The molecule has 0 radical (unpaired) electrons. The number of aromatic nitrogens is 4. The van der Waals surface area contributed by atoms with E-state index < -0.39 is 0 Å². The van der Waals surface area contributed by atoms with Crippen molar-refractivity contribution >= 4 is 33.6 Å². The fourth-order valence-corrected chi connectivity index (χ4v) is 3.46. The minimum atomic E-state index is -0.300. The molecule has 0 saturated heterocycles. The third kappa shape index (κ3) is 5.37. The zero-order valence-corrected chi connectivity index (χ0v) is 16.3. The van der Waals surface area contributed by atoms with Crippen LogP contribution in [0.3, 0.4) is 0 Å². The molecule has 3 N–H and O–H groups in total. The van der Waals surface area contributed by atoms with Gasteiger partial charge in [0.15, 0.2) is 0 Å². The number of halogens is 1. The van der Waals surface area contributed by atoms with Crippen LogP contribution in [-0.2, 0) is 12.4 Å². The highest BCUT2D eigenvalue weighted by atomic mass is 79.9. The van der Waals surface area contributed by atoms with Gasteiger partial charge in [-0.15, -0.1) is 0 Å². The summed E-state index contributed by atoms with van der Waals surface area (Å²) in [5.74, 6) is 2.30. The van der Waals surface area contributed by atoms with E-state index in [1.54, 1.807) is 18.1 Å². The van der Waals surface area contributed by atoms with Crippen LogP contribution in [0.1, 0.15) is 11.3 Å². The lowest BCUT2D eigenvalue weighted by Crippen LogP contribution is -2.16. The predicted molar refractivity (Wildman–Crippen MR) is 107 cm³/mol. The van der Waals surface area contributed by atoms with Crippen molar-refractivity contribution in [3.8, 4) is 5.75 Å². The van der Waals surface area contributed by atoms with Crippen LogP contribution < -0.4 is 15.6 Å². The van der Waals surface area contributed by atoms with E-state index in [2.05, 4.69) is 41.2 Å². The SMILES string of the molecule is O=c1[nH]c(NCCSCc2nc[nH]c2Br)ncc1OCc1ccccc1. The van der Waals surface area contributed by atoms with Gasteiger partial charge >= 0.3 is 0 Å². The van der Waals surface area contributed by atoms with Crippen LogP contribution in [-0.4, -0.2) is 32.2 Å². The smallest absolute Gasteiger partial charge is 0.294 e. The number of ether oxygens (including phenoxy) is 1. The molecule has 3 aromatic rings. The second-order valence-corrected chi connectivity index (χ2v) is 7.24. The summed E-state index contributed by atoms with van der Waals surface area (Å²) in [6, 6.07) is 9.67. The molecule has 7 nitrogen and oxygen atoms in total. The highest BCUT2D eigenvalue weighted by molar-refractivity contribution is 9.10. The minimum Gasteiger partial charge on any atom is -0.482 e. The summed E-state index contributed by atoms with van der Waals surface area (Å²) in [5.41, 5.74) is 1.68. The molecule has 0 aliphatic heterocycles. The number of nitrogens with zero attached hydrogens (tertiary/aromatic N) is 2. The molecule has 2 aromatic heterocycles. The Balaban J connectivity index is 1.42. The number of hydrogen-bond donors (Lipinski definition) is 3. The van der Waals surface area contributed by atoms with Gasteiger partial charge in [-0.2, -0.15) is 11.8 Å². The Morgan fingerprint density at radius 1 is 1.23 bits per heavy atom. The average Bonchev–Trinajstić information content (AvgIpc) is 3.06. The quantitative estimate of drug-likeness (QED) is 0.446. The first-order chi connectivity index (χ1) is 12.7. The molecule has 0 aliphatic rings. The van der Waals surface area contributed by atoms with Gasteiger partial charge in [-0.3, -0.25) is 9.78 Å². The highest BCUT2D eigenvalue weighted by Crippen LogP contribution is 2.17. The molecule has 2 heterocycles. The largest absolute Gasteiger partial charge is 0.482 e. The van der Waals surface area contributed by atoms with Crippen LogP contribution in [0.5, 0.6) is 5.75 Å². The Morgan fingerprint density at radius 3 is 2.81 bits per heavy atom. The molecular formula is C17H18BrN5O2S. The lowest BCUT2D eigenvalue weighted by Gasteiger charge is -2.07. The molecule has 1 aromatic carbocycles. The molecule has 3 rings (SSSR count). The van der Waals surface area contributed by atoms with Crippen molar-refractivity contribution in [2.75, 3.05) is 17.6 Å². The van der Waals surface area contributed by atoms with Crippen molar-refractivity contribution in [2.45, 2.75) is 12.4 Å². The zero-order chi connectivity index (χ0) is 18.2. The van der Waals surface area contributed by atoms with Crippen molar-refractivity contribution in [3.63, 3.8) is 0 Å². The van der Waals surface area contributed by atoms with Crippen molar-refractivity contribution in [2.24, 2.45) is 0 Å². The van der Waals surface area contributed by atoms with Gasteiger partial charge in [-0.1, -0.05) is 30.3 Å². The Bertz CT molecular complexity index is 884. The van der Waals surface area contributed by atoms with E-state index in [1.165, 1.54) is 6.20 Å². The number of imidazole rings is 1. The number of benzene rings is 1. The lowest BCUT2D eigenvalue weighted by molar-refractivity contribution is 0.300. The van der Waals surface area contributed by atoms with Crippen LogP contribution in [0.2, 0.25) is 0 Å². The first-order valence-corrected chi connectivity index (χ1v) is 9.92. The molecule has 0 unspecified atom stereocenters. The number of nitrogens with one attached hydrogen (secondary N) is 3.